The van der Waals surface area contributed by atoms with Crippen LogP contribution in [-0.4, -0.2) is 40.3 Å². The van der Waals surface area contributed by atoms with E-state index in [-0.39, 0.29) is 12.0 Å². The summed E-state index contributed by atoms with van der Waals surface area (Å²) in [7, 11) is 4.77. The molecule has 1 aromatic carbocycles. The lowest BCUT2D eigenvalue weighted by atomic mass is 9.98. The van der Waals surface area contributed by atoms with Crippen LogP contribution < -0.4 is 14.2 Å². The molecular weight excluding hydrogens is 262 g/mol. The normalized spacial score (nSPS) is 23.9. The van der Waals surface area contributed by atoms with Crippen molar-refractivity contribution in [2.45, 2.75) is 6.10 Å². The third-order valence-corrected chi connectivity index (χ3v) is 3.59. The molecule has 0 radical (unpaired) electrons. The second kappa shape index (κ2) is 5.20. The first-order valence-corrected chi connectivity index (χ1v) is 6.39. The van der Waals surface area contributed by atoms with Crippen molar-refractivity contribution in [3.8, 4) is 17.2 Å². The Kier molecular flexibility index (Phi) is 3.40. The minimum Gasteiger partial charge on any atom is -0.493 e. The number of methoxy groups -OCH3 is 3. The van der Waals surface area contributed by atoms with Gasteiger partial charge in [0, 0.05) is 0 Å². The van der Waals surface area contributed by atoms with Crippen molar-refractivity contribution >= 4 is 5.71 Å². The van der Waals surface area contributed by atoms with E-state index in [1.54, 1.807) is 21.3 Å². The average Bonchev–Trinajstić information content (AvgIpc) is 3.08. The minimum atomic E-state index is -0.212. The van der Waals surface area contributed by atoms with Crippen LogP contribution in [0.2, 0.25) is 0 Å². The van der Waals surface area contributed by atoms with E-state index < -0.39 is 0 Å². The van der Waals surface area contributed by atoms with E-state index in [0.717, 1.165) is 11.3 Å². The molecule has 20 heavy (non-hydrogen) atoms. The van der Waals surface area contributed by atoms with E-state index in [1.165, 1.54) is 0 Å². The summed E-state index contributed by atoms with van der Waals surface area (Å²) in [5, 5.41) is 4.09. The van der Waals surface area contributed by atoms with Crippen molar-refractivity contribution in [1.29, 1.82) is 0 Å². The van der Waals surface area contributed by atoms with Crippen molar-refractivity contribution in [2.75, 3.05) is 34.5 Å². The number of oxime groups is 1. The smallest absolute Gasteiger partial charge is 0.203 e. The Morgan fingerprint density at radius 2 is 1.75 bits per heavy atom. The lowest BCUT2D eigenvalue weighted by Crippen LogP contribution is -2.12. The Bertz CT molecular complexity index is 517. The third-order valence-electron chi connectivity index (χ3n) is 3.59. The standard InChI is InChI=1S/C14H17NO5/c1-16-10-4-8(5-11(17-2)14(10)18-3)13-12-9(6-19-13)7-20-15-12/h4-5,9,13H,6-7H2,1-3H3/t9-,13-/m1/s1. The van der Waals surface area contributed by atoms with E-state index in [4.69, 9.17) is 23.8 Å². The van der Waals surface area contributed by atoms with Crippen LogP contribution in [0, 0.1) is 5.92 Å². The maximum Gasteiger partial charge on any atom is 0.203 e. The fraction of sp³-hybridized carbons (Fsp3) is 0.500. The molecule has 2 aliphatic heterocycles. The Labute approximate surface area is 117 Å². The molecule has 2 heterocycles. The van der Waals surface area contributed by atoms with E-state index in [1.807, 2.05) is 12.1 Å². The molecule has 3 rings (SSSR count). The maximum absolute atomic E-state index is 5.82. The Morgan fingerprint density at radius 3 is 2.35 bits per heavy atom. The first-order valence-electron chi connectivity index (χ1n) is 6.39. The van der Waals surface area contributed by atoms with Crippen LogP contribution in [0.1, 0.15) is 11.7 Å². The second-order valence-corrected chi connectivity index (χ2v) is 4.68. The van der Waals surface area contributed by atoms with E-state index >= 15 is 0 Å². The largest absolute Gasteiger partial charge is 0.493 e. The maximum atomic E-state index is 5.82. The van der Waals surface area contributed by atoms with Gasteiger partial charge in [-0.1, -0.05) is 5.16 Å². The molecule has 0 aromatic heterocycles. The quantitative estimate of drug-likeness (QED) is 0.841. The van der Waals surface area contributed by atoms with Crippen molar-refractivity contribution in [2.24, 2.45) is 11.1 Å². The zero-order valence-electron chi connectivity index (χ0n) is 11.7. The molecule has 0 saturated carbocycles. The molecule has 1 aromatic rings. The fourth-order valence-electron chi connectivity index (χ4n) is 2.57. The molecule has 0 aliphatic carbocycles. The number of hydrogen-bond donors (Lipinski definition) is 0. The van der Waals surface area contributed by atoms with Gasteiger partial charge in [0.2, 0.25) is 5.75 Å². The molecule has 0 unspecified atom stereocenters. The molecule has 108 valence electrons. The highest BCUT2D eigenvalue weighted by molar-refractivity contribution is 5.94. The molecule has 1 saturated heterocycles. The summed E-state index contributed by atoms with van der Waals surface area (Å²) in [5.41, 5.74) is 1.85. The molecule has 0 bridgehead atoms. The van der Waals surface area contributed by atoms with E-state index in [0.29, 0.717) is 30.5 Å². The van der Waals surface area contributed by atoms with Gasteiger partial charge in [0.15, 0.2) is 11.5 Å². The molecule has 2 aliphatic rings. The van der Waals surface area contributed by atoms with Gasteiger partial charge in [0.05, 0.1) is 39.6 Å². The molecular formula is C14H17NO5. The van der Waals surface area contributed by atoms with Crippen LogP contribution in [0.25, 0.3) is 0 Å². The van der Waals surface area contributed by atoms with Gasteiger partial charge in [-0.15, -0.1) is 0 Å². The van der Waals surface area contributed by atoms with Gasteiger partial charge in [0.25, 0.3) is 0 Å². The van der Waals surface area contributed by atoms with E-state index in [2.05, 4.69) is 5.16 Å². The number of nitrogens with zero attached hydrogens (tertiary/aromatic N) is 1. The summed E-state index contributed by atoms with van der Waals surface area (Å²) in [4.78, 5) is 5.14. The highest BCUT2D eigenvalue weighted by atomic mass is 16.6. The molecule has 6 nitrogen and oxygen atoms in total. The van der Waals surface area contributed by atoms with Crippen molar-refractivity contribution in [3.63, 3.8) is 0 Å². The van der Waals surface area contributed by atoms with Crippen LogP contribution in [0.15, 0.2) is 17.3 Å². The summed E-state index contributed by atoms with van der Waals surface area (Å²) in [6, 6.07) is 3.77. The lowest BCUT2D eigenvalue weighted by molar-refractivity contribution is 0.0790. The van der Waals surface area contributed by atoms with E-state index in [9.17, 15) is 0 Å². The SMILES string of the molecule is COc1cc([C@H]2OC[C@@H]3CON=C32)cc(OC)c1OC. The molecule has 6 heteroatoms. The van der Waals surface area contributed by atoms with Crippen LogP contribution in [0.3, 0.4) is 0 Å². The van der Waals surface area contributed by atoms with Crippen LogP contribution in [0.4, 0.5) is 0 Å². The van der Waals surface area contributed by atoms with Crippen LogP contribution in [0.5, 0.6) is 17.2 Å². The molecule has 2 atom stereocenters. The predicted molar refractivity (Wildman–Crippen MR) is 71.7 cm³/mol. The van der Waals surface area contributed by atoms with Crippen molar-refractivity contribution < 1.29 is 23.8 Å². The van der Waals surface area contributed by atoms with Gasteiger partial charge in [-0.25, -0.2) is 0 Å². The number of rotatable bonds is 4. The topological polar surface area (TPSA) is 58.5 Å². The Hall–Kier alpha value is -1.95. The predicted octanol–water partition coefficient (Wildman–Crippen LogP) is 1.79. The number of ether oxygens (including phenoxy) is 4. The van der Waals surface area contributed by atoms with Gasteiger partial charge in [-0.2, -0.15) is 0 Å². The zero-order chi connectivity index (χ0) is 14.1. The van der Waals surface area contributed by atoms with Gasteiger partial charge in [-0.05, 0) is 17.7 Å². The number of fused-ring (bicyclic) bond motifs is 1. The average molecular weight is 279 g/mol. The Balaban J connectivity index is 2.01. The second-order valence-electron chi connectivity index (χ2n) is 4.68. The minimum absolute atomic E-state index is 0.212. The third kappa shape index (κ3) is 1.96. The number of hydrogen-bond acceptors (Lipinski definition) is 6. The van der Waals surface area contributed by atoms with Gasteiger partial charge in [0.1, 0.15) is 12.7 Å². The lowest BCUT2D eigenvalue weighted by Gasteiger charge is -2.16. The molecule has 1 fully saturated rings. The first kappa shape index (κ1) is 13.1. The van der Waals surface area contributed by atoms with Crippen molar-refractivity contribution in [3.05, 3.63) is 17.7 Å². The molecule has 0 N–H and O–H groups in total. The fourth-order valence-corrected chi connectivity index (χ4v) is 2.57. The molecule has 0 amide bonds. The first-order chi connectivity index (χ1) is 9.78. The summed E-state index contributed by atoms with van der Waals surface area (Å²) in [6.07, 6.45) is -0.212. The van der Waals surface area contributed by atoms with Gasteiger partial charge < -0.3 is 23.8 Å². The highest BCUT2D eigenvalue weighted by Crippen LogP contribution is 2.42. The zero-order valence-corrected chi connectivity index (χ0v) is 11.7. The molecule has 0 spiro atoms. The summed E-state index contributed by atoms with van der Waals surface area (Å²) >= 11 is 0. The van der Waals surface area contributed by atoms with Gasteiger partial charge >= 0.3 is 0 Å². The monoisotopic (exact) mass is 279 g/mol. The van der Waals surface area contributed by atoms with Crippen molar-refractivity contribution in [1.82, 2.24) is 0 Å². The Morgan fingerprint density at radius 1 is 1.05 bits per heavy atom. The van der Waals surface area contributed by atoms with Crippen LogP contribution in [-0.2, 0) is 9.57 Å². The van der Waals surface area contributed by atoms with Gasteiger partial charge in [-0.3, -0.25) is 0 Å². The van der Waals surface area contributed by atoms with Crippen LogP contribution >= 0.6 is 0 Å². The highest BCUT2D eigenvalue weighted by Gasteiger charge is 2.39. The summed E-state index contributed by atoms with van der Waals surface area (Å²) in [6.45, 7) is 1.22. The summed E-state index contributed by atoms with van der Waals surface area (Å²) in [5.74, 6) is 2.03. The summed E-state index contributed by atoms with van der Waals surface area (Å²) < 4.78 is 21.8. The number of benzene rings is 1.